The second kappa shape index (κ2) is 10.1. The lowest BCUT2D eigenvalue weighted by Gasteiger charge is -2.44. The fourth-order valence-corrected chi connectivity index (χ4v) is 5.38. The van der Waals surface area contributed by atoms with E-state index in [9.17, 15) is 9.59 Å². The van der Waals surface area contributed by atoms with Crippen molar-refractivity contribution < 1.29 is 28.7 Å². The molecule has 186 valence electrons. The minimum absolute atomic E-state index is 0.185. The molecule has 34 heavy (non-hydrogen) atoms. The Hall–Kier alpha value is -2.42. The number of nitrogens with zero attached hydrogens (tertiary/aromatic N) is 2. The summed E-state index contributed by atoms with van der Waals surface area (Å²) in [5.41, 5.74) is 3.30. The van der Waals surface area contributed by atoms with Crippen LogP contribution in [0.4, 0.5) is 4.79 Å². The van der Waals surface area contributed by atoms with E-state index in [1.807, 2.05) is 38.0 Å². The second-order valence-electron chi connectivity index (χ2n) is 9.60. The van der Waals surface area contributed by atoms with E-state index in [-0.39, 0.29) is 12.5 Å². The normalized spacial score (nSPS) is 20.7. The first-order valence-electron chi connectivity index (χ1n) is 12.2. The predicted octanol–water partition coefficient (Wildman–Crippen LogP) is 4.47. The monoisotopic (exact) mass is 472 g/mol. The van der Waals surface area contributed by atoms with Crippen LogP contribution in [0.1, 0.15) is 61.3 Å². The molecule has 0 N–H and O–H groups in total. The van der Waals surface area contributed by atoms with Crippen LogP contribution in [-0.2, 0) is 23.9 Å². The molecule has 2 aliphatic heterocycles. The number of amides is 1. The zero-order valence-corrected chi connectivity index (χ0v) is 20.9. The summed E-state index contributed by atoms with van der Waals surface area (Å²) >= 11 is 0. The van der Waals surface area contributed by atoms with Gasteiger partial charge in [-0.15, -0.1) is 0 Å². The maximum atomic E-state index is 14.1. The number of benzene rings is 1. The highest BCUT2D eigenvalue weighted by Crippen LogP contribution is 2.48. The molecule has 0 radical (unpaired) electrons. The Balaban J connectivity index is 1.83. The highest BCUT2D eigenvalue weighted by Gasteiger charge is 2.57. The summed E-state index contributed by atoms with van der Waals surface area (Å²) in [4.78, 5) is 38.3. The van der Waals surface area contributed by atoms with Gasteiger partial charge in [-0.25, -0.2) is 9.86 Å². The molecule has 0 aromatic heterocycles. The van der Waals surface area contributed by atoms with Crippen molar-refractivity contribution in [2.24, 2.45) is 5.92 Å². The molecule has 1 saturated heterocycles. The zero-order valence-electron chi connectivity index (χ0n) is 20.9. The molecule has 1 amide bonds. The number of hydroxylamine groups is 4. The maximum absolute atomic E-state index is 14.1. The topological polar surface area (TPSA) is 77.5 Å². The number of rotatable bonds is 7. The van der Waals surface area contributed by atoms with Gasteiger partial charge in [0.25, 0.3) is 5.91 Å². The molecule has 2 heterocycles. The van der Waals surface area contributed by atoms with Crippen LogP contribution in [0.5, 0.6) is 0 Å². The van der Waals surface area contributed by atoms with Gasteiger partial charge in [0.05, 0.1) is 25.9 Å². The Morgan fingerprint density at radius 3 is 2.29 bits per heavy atom. The number of piperidine rings is 1. The molecule has 0 atom stereocenters. The maximum Gasteiger partial charge on any atom is 0.513 e. The van der Waals surface area contributed by atoms with E-state index in [1.165, 1.54) is 11.5 Å². The van der Waals surface area contributed by atoms with E-state index in [0.29, 0.717) is 49.8 Å². The number of hydrogen-bond acceptors (Lipinski definition) is 7. The number of aryl methyl sites for hydroxylation is 3. The van der Waals surface area contributed by atoms with Crippen molar-refractivity contribution in [3.8, 4) is 0 Å². The average Bonchev–Trinajstić information content (AvgIpc) is 2.95. The standard InChI is InChI=1S/C26H36N2O6/c1-6-32-25(30)34-23-22(21-18(3)14-17(2)15-19(21)4)24(29)28(33-16-20-8-7-9-20)26(23)10-12-27(31-5)13-11-26/h14-15,20H,6-13,16H2,1-5H3. The highest BCUT2D eigenvalue weighted by molar-refractivity contribution is 6.23. The summed E-state index contributed by atoms with van der Waals surface area (Å²) in [6.45, 7) is 9.53. The molecule has 1 spiro atoms. The summed E-state index contributed by atoms with van der Waals surface area (Å²) in [6, 6.07) is 4.09. The summed E-state index contributed by atoms with van der Waals surface area (Å²) in [6.07, 6.45) is 3.63. The lowest BCUT2D eigenvalue weighted by Crippen LogP contribution is -2.55. The lowest BCUT2D eigenvalue weighted by atomic mass is 9.84. The average molecular weight is 473 g/mol. The van der Waals surface area contributed by atoms with Crippen LogP contribution in [0.2, 0.25) is 0 Å². The summed E-state index contributed by atoms with van der Waals surface area (Å²) in [7, 11) is 1.64. The third kappa shape index (κ3) is 4.46. The SMILES string of the molecule is CCOC(=O)OC1=C(c2c(C)cc(C)cc2C)C(=O)N(OCC2CCC2)C12CCN(OC)CC2. The minimum Gasteiger partial charge on any atom is -0.434 e. The molecule has 1 aromatic carbocycles. The van der Waals surface area contributed by atoms with Gasteiger partial charge in [-0.3, -0.25) is 9.63 Å². The Labute approximate surface area is 201 Å². The van der Waals surface area contributed by atoms with Crippen LogP contribution in [-0.4, -0.2) is 61.1 Å². The smallest absolute Gasteiger partial charge is 0.434 e. The van der Waals surface area contributed by atoms with Gasteiger partial charge in [0.1, 0.15) is 5.54 Å². The Morgan fingerprint density at radius 2 is 1.76 bits per heavy atom. The zero-order chi connectivity index (χ0) is 24.5. The van der Waals surface area contributed by atoms with Crippen molar-refractivity contribution in [3.05, 3.63) is 40.1 Å². The van der Waals surface area contributed by atoms with Gasteiger partial charge in [-0.2, -0.15) is 5.06 Å². The molecule has 3 aliphatic rings. The lowest BCUT2D eigenvalue weighted by molar-refractivity contribution is -0.239. The van der Waals surface area contributed by atoms with Crippen molar-refractivity contribution in [2.75, 3.05) is 33.4 Å². The van der Waals surface area contributed by atoms with Gasteiger partial charge in [-0.1, -0.05) is 24.1 Å². The second-order valence-corrected chi connectivity index (χ2v) is 9.60. The van der Waals surface area contributed by atoms with Crippen LogP contribution < -0.4 is 0 Å². The molecule has 0 unspecified atom stereocenters. The number of carbonyl (C=O) groups is 2. The summed E-state index contributed by atoms with van der Waals surface area (Å²) in [5.74, 6) is 0.514. The first-order chi connectivity index (χ1) is 16.3. The molecule has 4 rings (SSSR count). The van der Waals surface area contributed by atoms with Crippen molar-refractivity contribution in [1.29, 1.82) is 0 Å². The van der Waals surface area contributed by atoms with Gasteiger partial charge < -0.3 is 14.3 Å². The minimum atomic E-state index is -0.901. The summed E-state index contributed by atoms with van der Waals surface area (Å²) < 4.78 is 11.0. The number of carbonyl (C=O) groups excluding carboxylic acids is 2. The third-order valence-electron chi connectivity index (χ3n) is 7.28. The summed E-state index contributed by atoms with van der Waals surface area (Å²) in [5, 5.41) is 3.35. The predicted molar refractivity (Wildman–Crippen MR) is 126 cm³/mol. The van der Waals surface area contributed by atoms with Crippen molar-refractivity contribution in [2.45, 2.75) is 65.3 Å². The van der Waals surface area contributed by atoms with E-state index in [0.717, 1.165) is 35.1 Å². The third-order valence-corrected chi connectivity index (χ3v) is 7.28. The Kier molecular flexibility index (Phi) is 7.31. The quantitative estimate of drug-likeness (QED) is 0.542. The van der Waals surface area contributed by atoms with Crippen LogP contribution in [0.25, 0.3) is 5.57 Å². The molecule has 1 aromatic rings. The van der Waals surface area contributed by atoms with Crippen molar-refractivity contribution in [3.63, 3.8) is 0 Å². The fourth-order valence-electron chi connectivity index (χ4n) is 5.38. The first kappa shape index (κ1) is 24.7. The van der Waals surface area contributed by atoms with Gasteiger partial charge >= 0.3 is 6.16 Å². The molecule has 8 nitrogen and oxygen atoms in total. The Morgan fingerprint density at radius 1 is 1.12 bits per heavy atom. The number of ether oxygens (including phenoxy) is 2. The first-order valence-corrected chi connectivity index (χ1v) is 12.2. The molecule has 0 bridgehead atoms. The van der Waals surface area contributed by atoms with Gasteiger partial charge in [0, 0.05) is 13.1 Å². The van der Waals surface area contributed by atoms with Crippen molar-refractivity contribution >= 4 is 17.6 Å². The molecular weight excluding hydrogens is 436 g/mol. The molecule has 1 saturated carbocycles. The van der Waals surface area contributed by atoms with Crippen molar-refractivity contribution in [1.82, 2.24) is 10.1 Å². The van der Waals surface area contributed by atoms with E-state index in [1.54, 1.807) is 14.0 Å². The van der Waals surface area contributed by atoms with Crippen LogP contribution in [0, 0.1) is 26.7 Å². The van der Waals surface area contributed by atoms with Crippen LogP contribution >= 0.6 is 0 Å². The van der Waals surface area contributed by atoms with E-state index < -0.39 is 11.7 Å². The van der Waals surface area contributed by atoms with Gasteiger partial charge in [-0.05, 0) is 76.0 Å². The largest absolute Gasteiger partial charge is 0.513 e. The van der Waals surface area contributed by atoms with Gasteiger partial charge in [0.2, 0.25) is 0 Å². The van der Waals surface area contributed by atoms with E-state index in [4.69, 9.17) is 19.1 Å². The van der Waals surface area contributed by atoms with Gasteiger partial charge in [0.15, 0.2) is 5.76 Å². The van der Waals surface area contributed by atoms with Crippen LogP contribution in [0.3, 0.4) is 0 Å². The van der Waals surface area contributed by atoms with E-state index >= 15 is 0 Å². The van der Waals surface area contributed by atoms with E-state index in [2.05, 4.69) is 0 Å². The molecule has 1 aliphatic carbocycles. The fraction of sp³-hybridized carbons (Fsp3) is 0.615. The number of hydrogen-bond donors (Lipinski definition) is 0. The molecule has 2 fully saturated rings. The molecule has 8 heteroatoms. The van der Waals surface area contributed by atoms with Crippen LogP contribution in [0.15, 0.2) is 17.9 Å². The Bertz CT molecular complexity index is 952. The molecular formula is C26H36N2O6. The highest BCUT2D eigenvalue weighted by atomic mass is 16.7.